The van der Waals surface area contributed by atoms with Gasteiger partial charge in [-0.25, -0.2) is 9.78 Å². The summed E-state index contributed by atoms with van der Waals surface area (Å²) in [6.45, 7) is 0.483. The van der Waals surface area contributed by atoms with Gasteiger partial charge in [-0.2, -0.15) is 0 Å². The number of nitrogens with zero attached hydrogens (tertiary/aromatic N) is 2. The Kier molecular flexibility index (Phi) is 6.33. The first-order chi connectivity index (χ1) is 13.2. The smallest absolute Gasteiger partial charge is 0.358 e. The van der Waals surface area contributed by atoms with E-state index in [4.69, 9.17) is 4.74 Å². The molecular formula is C21H17BrN2O3. The Hall–Kier alpha value is -2.99. The Labute approximate surface area is 165 Å². The van der Waals surface area contributed by atoms with Gasteiger partial charge >= 0.3 is 5.97 Å². The second kappa shape index (κ2) is 9.09. The van der Waals surface area contributed by atoms with Crippen LogP contribution in [0, 0.1) is 0 Å². The summed E-state index contributed by atoms with van der Waals surface area (Å²) < 4.78 is 11.5. The van der Waals surface area contributed by atoms with Crippen molar-refractivity contribution in [3.8, 4) is 5.75 Å². The lowest BCUT2D eigenvalue weighted by Crippen LogP contribution is -2.04. The summed E-state index contributed by atoms with van der Waals surface area (Å²) in [5.41, 5.74) is 2.79. The van der Waals surface area contributed by atoms with Gasteiger partial charge in [0.05, 0.1) is 25.2 Å². The number of ether oxygens (including phenoxy) is 2. The van der Waals surface area contributed by atoms with Gasteiger partial charge in [-0.1, -0.05) is 46.3 Å². The summed E-state index contributed by atoms with van der Waals surface area (Å²) >= 11 is 3.48. The lowest BCUT2D eigenvalue weighted by atomic mass is 10.1. The van der Waals surface area contributed by atoms with E-state index in [1.165, 1.54) is 19.5 Å². The van der Waals surface area contributed by atoms with Gasteiger partial charge in [-0.15, -0.1) is 0 Å². The number of hydrogen-bond acceptors (Lipinski definition) is 5. The highest BCUT2D eigenvalue weighted by Gasteiger charge is 2.07. The minimum absolute atomic E-state index is 0.170. The van der Waals surface area contributed by atoms with Crippen LogP contribution in [-0.4, -0.2) is 23.0 Å². The van der Waals surface area contributed by atoms with Crippen LogP contribution in [0.25, 0.3) is 12.2 Å². The molecule has 6 heteroatoms. The second-order valence-corrected chi connectivity index (χ2v) is 6.52. The molecule has 0 N–H and O–H groups in total. The fourth-order valence-electron chi connectivity index (χ4n) is 2.33. The van der Waals surface area contributed by atoms with Crippen LogP contribution in [0.2, 0.25) is 0 Å². The highest BCUT2D eigenvalue weighted by molar-refractivity contribution is 9.10. The molecule has 0 unspecified atom stereocenters. The largest absolute Gasteiger partial charge is 0.488 e. The number of carbonyl (C=O) groups is 1. The Balaban J connectivity index is 1.76. The van der Waals surface area contributed by atoms with Gasteiger partial charge in [0.15, 0.2) is 5.69 Å². The molecule has 1 aromatic heterocycles. The first-order valence-corrected chi connectivity index (χ1v) is 9.00. The molecule has 0 atom stereocenters. The number of carbonyl (C=O) groups excluding carboxylic acids is 1. The van der Waals surface area contributed by atoms with Crippen LogP contribution in [0.15, 0.2) is 65.4 Å². The summed E-state index contributed by atoms with van der Waals surface area (Å²) in [6.07, 6.45) is 6.61. The molecule has 0 aliphatic heterocycles. The van der Waals surface area contributed by atoms with Crippen molar-refractivity contribution in [3.05, 3.63) is 87.9 Å². The third-order valence-corrected chi connectivity index (χ3v) is 4.20. The number of rotatable bonds is 6. The van der Waals surface area contributed by atoms with Crippen LogP contribution in [0.3, 0.4) is 0 Å². The Morgan fingerprint density at radius 1 is 1.07 bits per heavy atom. The Morgan fingerprint density at radius 3 is 2.59 bits per heavy atom. The number of esters is 1. The topological polar surface area (TPSA) is 61.3 Å². The first-order valence-electron chi connectivity index (χ1n) is 8.20. The van der Waals surface area contributed by atoms with Crippen LogP contribution in [-0.2, 0) is 11.3 Å². The monoisotopic (exact) mass is 424 g/mol. The van der Waals surface area contributed by atoms with Crippen LogP contribution < -0.4 is 4.74 Å². The van der Waals surface area contributed by atoms with E-state index in [1.54, 1.807) is 0 Å². The highest BCUT2D eigenvalue weighted by Crippen LogP contribution is 2.26. The molecule has 3 aromatic rings. The molecule has 2 aromatic carbocycles. The summed E-state index contributed by atoms with van der Waals surface area (Å²) in [5.74, 6) is 0.249. The molecule has 27 heavy (non-hydrogen) atoms. The summed E-state index contributed by atoms with van der Waals surface area (Å²) in [4.78, 5) is 19.7. The number of hydrogen-bond donors (Lipinski definition) is 0. The van der Waals surface area contributed by atoms with Gasteiger partial charge in [-0.05, 0) is 35.9 Å². The van der Waals surface area contributed by atoms with E-state index in [2.05, 4.69) is 30.6 Å². The normalized spacial score (nSPS) is 10.7. The SMILES string of the molecule is COC(=O)c1cnc(/C=C/c2cc(Br)ccc2OCc2ccccc2)cn1. The molecule has 0 spiro atoms. The first kappa shape index (κ1) is 18.8. The van der Waals surface area contributed by atoms with Gasteiger partial charge in [0.2, 0.25) is 0 Å². The molecule has 0 bridgehead atoms. The van der Waals surface area contributed by atoms with E-state index in [-0.39, 0.29) is 5.69 Å². The summed E-state index contributed by atoms with van der Waals surface area (Å²) in [6, 6.07) is 15.8. The Bertz CT molecular complexity index is 941. The lowest BCUT2D eigenvalue weighted by molar-refractivity contribution is 0.0593. The molecule has 0 amide bonds. The zero-order valence-electron chi connectivity index (χ0n) is 14.6. The second-order valence-electron chi connectivity index (χ2n) is 5.61. The average molecular weight is 425 g/mol. The number of aromatic nitrogens is 2. The Morgan fingerprint density at radius 2 is 1.89 bits per heavy atom. The molecule has 0 saturated carbocycles. The van der Waals surface area contributed by atoms with Crippen molar-refractivity contribution in [2.75, 3.05) is 7.11 Å². The number of benzene rings is 2. The van der Waals surface area contributed by atoms with Crippen molar-refractivity contribution in [1.82, 2.24) is 9.97 Å². The van der Waals surface area contributed by atoms with E-state index >= 15 is 0 Å². The third kappa shape index (κ3) is 5.24. The molecule has 136 valence electrons. The maximum Gasteiger partial charge on any atom is 0.358 e. The van der Waals surface area contributed by atoms with Gasteiger partial charge in [0.25, 0.3) is 0 Å². The maximum atomic E-state index is 11.4. The molecule has 3 rings (SSSR count). The zero-order chi connectivity index (χ0) is 19.1. The summed E-state index contributed by atoms with van der Waals surface area (Å²) in [5, 5.41) is 0. The molecule has 0 aliphatic carbocycles. The number of methoxy groups -OCH3 is 1. The van der Waals surface area contributed by atoms with E-state index in [9.17, 15) is 4.79 Å². The molecule has 0 aliphatic rings. The predicted molar refractivity (Wildman–Crippen MR) is 107 cm³/mol. The van der Waals surface area contributed by atoms with Crippen molar-refractivity contribution < 1.29 is 14.3 Å². The molecule has 1 heterocycles. The van der Waals surface area contributed by atoms with Crippen molar-refractivity contribution in [3.63, 3.8) is 0 Å². The summed E-state index contributed by atoms with van der Waals surface area (Å²) in [7, 11) is 1.31. The van der Waals surface area contributed by atoms with Gasteiger partial charge in [0, 0.05) is 10.0 Å². The maximum absolute atomic E-state index is 11.4. The van der Waals surface area contributed by atoms with Crippen molar-refractivity contribution in [2.24, 2.45) is 0 Å². The van der Waals surface area contributed by atoms with Gasteiger partial charge in [-0.3, -0.25) is 4.98 Å². The van der Waals surface area contributed by atoms with E-state index in [0.29, 0.717) is 12.3 Å². The van der Waals surface area contributed by atoms with Crippen LogP contribution in [0.4, 0.5) is 0 Å². The van der Waals surface area contributed by atoms with Crippen LogP contribution >= 0.6 is 15.9 Å². The van der Waals surface area contributed by atoms with Crippen molar-refractivity contribution >= 4 is 34.1 Å². The lowest BCUT2D eigenvalue weighted by Gasteiger charge is -2.10. The number of halogens is 1. The van der Waals surface area contributed by atoms with E-state index in [0.717, 1.165) is 21.3 Å². The molecule has 0 saturated heterocycles. The molecule has 5 nitrogen and oxygen atoms in total. The highest BCUT2D eigenvalue weighted by atomic mass is 79.9. The van der Waals surface area contributed by atoms with Crippen molar-refractivity contribution in [2.45, 2.75) is 6.61 Å². The fraction of sp³-hybridized carbons (Fsp3) is 0.0952. The van der Waals surface area contributed by atoms with E-state index < -0.39 is 5.97 Å². The standard InChI is InChI=1S/C21H17BrN2O3/c1-26-21(25)19-13-23-18(12-24-19)9-7-16-11-17(22)8-10-20(16)27-14-15-5-3-2-4-6-15/h2-13H,14H2,1H3/b9-7+. The van der Waals surface area contributed by atoms with Gasteiger partial charge < -0.3 is 9.47 Å². The quantitative estimate of drug-likeness (QED) is 0.533. The average Bonchev–Trinajstić information content (AvgIpc) is 2.72. The molecule has 0 radical (unpaired) electrons. The van der Waals surface area contributed by atoms with Crippen molar-refractivity contribution in [1.29, 1.82) is 0 Å². The zero-order valence-corrected chi connectivity index (χ0v) is 16.2. The fourth-order valence-corrected chi connectivity index (χ4v) is 2.70. The van der Waals surface area contributed by atoms with Crippen LogP contribution in [0.1, 0.15) is 27.3 Å². The minimum atomic E-state index is -0.512. The molecule has 0 fully saturated rings. The third-order valence-electron chi connectivity index (χ3n) is 3.71. The van der Waals surface area contributed by atoms with E-state index in [1.807, 2.05) is 60.7 Å². The minimum Gasteiger partial charge on any atom is -0.488 e. The molecular weight excluding hydrogens is 408 g/mol. The van der Waals surface area contributed by atoms with Gasteiger partial charge in [0.1, 0.15) is 12.4 Å². The predicted octanol–water partition coefficient (Wildman–Crippen LogP) is 4.78. The van der Waals surface area contributed by atoms with Crippen LogP contribution in [0.5, 0.6) is 5.75 Å².